The van der Waals surface area contributed by atoms with Gasteiger partial charge in [-0.2, -0.15) is 0 Å². The molecule has 2 heterocycles. The molecule has 2 aliphatic heterocycles. The fourth-order valence-electron chi connectivity index (χ4n) is 4.60. The van der Waals surface area contributed by atoms with E-state index >= 15 is 0 Å². The SMILES string of the molecule is CN1CCCCN2[C@H](CO)[C@H](c3ccc(C#Cc4ccccc4F)cc3)[C@H]2C1. The van der Waals surface area contributed by atoms with Crippen LogP contribution in [0.3, 0.4) is 0 Å². The van der Waals surface area contributed by atoms with Crippen LogP contribution in [0, 0.1) is 17.7 Å². The molecular formula is C24H27FN2O. The first-order valence-electron chi connectivity index (χ1n) is 10.1. The van der Waals surface area contributed by atoms with Crippen molar-refractivity contribution in [3.05, 3.63) is 71.0 Å². The van der Waals surface area contributed by atoms with Crippen molar-refractivity contribution in [1.82, 2.24) is 9.80 Å². The maximum atomic E-state index is 13.7. The van der Waals surface area contributed by atoms with Crippen molar-refractivity contribution >= 4 is 0 Å². The van der Waals surface area contributed by atoms with Crippen LogP contribution in [0.4, 0.5) is 4.39 Å². The predicted molar refractivity (Wildman–Crippen MR) is 110 cm³/mol. The molecule has 2 saturated heterocycles. The van der Waals surface area contributed by atoms with E-state index in [1.165, 1.54) is 24.5 Å². The molecule has 3 nitrogen and oxygen atoms in total. The summed E-state index contributed by atoms with van der Waals surface area (Å²) in [6.07, 6.45) is 2.41. The van der Waals surface area contributed by atoms with Crippen LogP contribution >= 0.6 is 0 Å². The quantitative estimate of drug-likeness (QED) is 0.814. The summed E-state index contributed by atoms with van der Waals surface area (Å²) in [6.45, 7) is 3.45. The molecule has 0 spiro atoms. The van der Waals surface area contributed by atoms with Gasteiger partial charge in [-0.1, -0.05) is 36.1 Å². The fourth-order valence-corrected chi connectivity index (χ4v) is 4.60. The molecule has 0 radical (unpaired) electrons. The number of aliphatic hydroxyl groups is 1. The van der Waals surface area contributed by atoms with E-state index in [2.05, 4.69) is 40.8 Å². The molecule has 1 N–H and O–H groups in total. The van der Waals surface area contributed by atoms with E-state index in [-0.39, 0.29) is 18.5 Å². The molecule has 0 amide bonds. The van der Waals surface area contributed by atoms with Gasteiger partial charge < -0.3 is 10.0 Å². The average Bonchev–Trinajstić information content (AvgIpc) is 2.69. The van der Waals surface area contributed by atoms with Crippen LogP contribution in [0.1, 0.15) is 35.4 Å². The Morgan fingerprint density at radius 2 is 1.79 bits per heavy atom. The molecule has 0 unspecified atom stereocenters. The predicted octanol–water partition coefficient (Wildman–Crippen LogP) is 3.08. The second-order valence-corrected chi connectivity index (χ2v) is 7.90. The summed E-state index contributed by atoms with van der Waals surface area (Å²) in [7, 11) is 2.19. The lowest BCUT2D eigenvalue weighted by Gasteiger charge is -2.57. The van der Waals surface area contributed by atoms with E-state index in [0.29, 0.717) is 17.5 Å². The van der Waals surface area contributed by atoms with Gasteiger partial charge in [-0.25, -0.2) is 4.39 Å². The van der Waals surface area contributed by atoms with E-state index in [1.54, 1.807) is 18.2 Å². The minimum Gasteiger partial charge on any atom is -0.395 e. The molecule has 0 aromatic heterocycles. The van der Waals surface area contributed by atoms with Crippen molar-refractivity contribution in [2.45, 2.75) is 30.8 Å². The summed E-state index contributed by atoms with van der Waals surface area (Å²) < 4.78 is 13.7. The number of benzene rings is 2. The highest BCUT2D eigenvalue weighted by Crippen LogP contribution is 2.41. The highest BCUT2D eigenvalue weighted by Gasteiger charge is 2.48. The largest absolute Gasteiger partial charge is 0.395 e. The van der Waals surface area contributed by atoms with Gasteiger partial charge in [-0.15, -0.1) is 0 Å². The Bertz CT molecular complexity index is 870. The van der Waals surface area contributed by atoms with E-state index in [9.17, 15) is 9.50 Å². The van der Waals surface area contributed by atoms with Crippen molar-refractivity contribution in [3.8, 4) is 11.8 Å². The minimum absolute atomic E-state index is 0.194. The first-order chi connectivity index (χ1) is 13.7. The Morgan fingerprint density at radius 1 is 1.04 bits per heavy atom. The lowest BCUT2D eigenvalue weighted by Crippen LogP contribution is -2.67. The first kappa shape index (κ1) is 19.1. The summed E-state index contributed by atoms with van der Waals surface area (Å²) in [5, 5.41) is 9.96. The Kier molecular flexibility index (Phi) is 5.77. The molecule has 146 valence electrons. The van der Waals surface area contributed by atoms with Gasteiger partial charge in [0.2, 0.25) is 0 Å². The van der Waals surface area contributed by atoms with Gasteiger partial charge in [-0.3, -0.25) is 4.90 Å². The van der Waals surface area contributed by atoms with Crippen molar-refractivity contribution in [2.24, 2.45) is 0 Å². The monoisotopic (exact) mass is 378 g/mol. The van der Waals surface area contributed by atoms with Crippen LogP contribution < -0.4 is 0 Å². The highest BCUT2D eigenvalue weighted by atomic mass is 19.1. The third-order valence-electron chi connectivity index (χ3n) is 6.08. The summed E-state index contributed by atoms with van der Waals surface area (Å²) >= 11 is 0. The fraction of sp³-hybridized carbons (Fsp3) is 0.417. The number of aliphatic hydroxyl groups excluding tert-OH is 1. The molecular weight excluding hydrogens is 351 g/mol. The molecule has 2 fully saturated rings. The van der Waals surface area contributed by atoms with E-state index in [4.69, 9.17) is 0 Å². The number of likely N-dealkylation sites (N-methyl/N-ethyl adjacent to an activating group) is 1. The number of nitrogens with zero attached hydrogens (tertiary/aromatic N) is 2. The number of rotatable bonds is 2. The maximum absolute atomic E-state index is 13.7. The van der Waals surface area contributed by atoms with E-state index in [1.807, 2.05) is 12.1 Å². The smallest absolute Gasteiger partial charge is 0.138 e. The van der Waals surface area contributed by atoms with Crippen LogP contribution in [-0.2, 0) is 0 Å². The number of hydrogen-bond acceptors (Lipinski definition) is 3. The topological polar surface area (TPSA) is 26.7 Å². The first-order valence-corrected chi connectivity index (χ1v) is 10.1. The van der Waals surface area contributed by atoms with E-state index < -0.39 is 0 Å². The summed E-state index contributed by atoms with van der Waals surface area (Å²) in [5.74, 6) is 6.02. The van der Waals surface area contributed by atoms with Gasteiger partial charge in [0.15, 0.2) is 0 Å². The van der Waals surface area contributed by atoms with Crippen LogP contribution in [0.5, 0.6) is 0 Å². The number of fused-ring (bicyclic) bond motifs is 1. The summed E-state index contributed by atoms with van der Waals surface area (Å²) in [5.41, 5.74) is 2.54. The highest BCUT2D eigenvalue weighted by molar-refractivity contribution is 5.44. The third-order valence-corrected chi connectivity index (χ3v) is 6.08. The average molecular weight is 378 g/mol. The Morgan fingerprint density at radius 3 is 2.54 bits per heavy atom. The summed E-state index contributed by atoms with van der Waals surface area (Å²) in [4.78, 5) is 4.89. The van der Waals surface area contributed by atoms with Gasteiger partial charge in [0.1, 0.15) is 5.82 Å². The lowest BCUT2D eigenvalue weighted by molar-refractivity contribution is -0.0614. The number of hydrogen-bond donors (Lipinski definition) is 1. The second kappa shape index (κ2) is 8.45. The van der Waals surface area contributed by atoms with Gasteiger partial charge in [-0.05, 0) is 62.8 Å². The molecule has 0 aliphatic carbocycles. The lowest BCUT2D eigenvalue weighted by atomic mass is 9.74. The molecule has 0 bridgehead atoms. The van der Waals surface area contributed by atoms with Gasteiger partial charge in [0.05, 0.1) is 12.2 Å². The molecule has 4 rings (SSSR count). The van der Waals surface area contributed by atoms with Crippen molar-refractivity contribution < 1.29 is 9.50 Å². The van der Waals surface area contributed by atoms with Crippen molar-refractivity contribution in [3.63, 3.8) is 0 Å². The molecule has 3 atom stereocenters. The Balaban J connectivity index is 1.52. The molecule has 2 aliphatic rings. The Hall–Kier alpha value is -2.19. The third kappa shape index (κ3) is 3.84. The van der Waals surface area contributed by atoms with Gasteiger partial charge >= 0.3 is 0 Å². The van der Waals surface area contributed by atoms with Crippen molar-refractivity contribution in [2.75, 3.05) is 33.3 Å². The van der Waals surface area contributed by atoms with E-state index in [0.717, 1.165) is 25.2 Å². The maximum Gasteiger partial charge on any atom is 0.138 e. The zero-order valence-electron chi connectivity index (χ0n) is 16.3. The standard InChI is InChI=1S/C24H27FN2O/c1-26-14-4-5-15-27-22(16-26)24(23(27)17-28)20-12-9-18(10-13-20)8-11-19-6-2-3-7-21(19)25/h2-3,6-7,9-10,12-13,22-24,28H,4-5,14-17H2,1H3/t22-,23-,24-/m1/s1. The van der Waals surface area contributed by atoms with Crippen LogP contribution in [0.25, 0.3) is 0 Å². The molecule has 4 heteroatoms. The normalized spacial score (nSPS) is 25.6. The van der Waals surface area contributed by atoms with Crippen molar-refractivity contribution in [1.29, 1.82) is 0 Å². The molecule has 0 saturated carbocycles. The molecule has 2 aromatic carbocycles. The zero-order valence-corrected chi connectivity index (χ0v) is 16.3. The van der Waals surface area contributed by atoms with Gasteiger partial charge in [0.25, 0.3) is 0 Å². The number of halogens is 1. The van der Waals surface area contributed by atoms with Crippen LogP contribution in [0.15, 0.2) is 48.5 Å². The summed E-state index contributed by atoms with van der Waals surface area (Å²) in [6, 6.07) is 15.5. The second-order valence-electron chi connectivity index (χ2n) is 7.90. The minimum atomic E-state index is -0.291. The van der Waals surface area contributed by atoms with Gasteiger partial charge in [0, 0.05) is 30.1 Å². The van der Waals surface area contributed by atoms with Crippen LogP contribution in [0.2, 0.25) is 0 Å². The zero-order chi connectivity index (χ0) is 19.5. The molecule has 28 heavy (non-hydrogen) atoms. The molecule has 2 aromatic rings. The van der Waals surface area contributed by atoms with Crippen LogP contribution in [-0.4, -0.2) is 60.3 Å². The Labute approximate surface area is 166 Å².